The fraction of sp³-hybridized carbons (Fsp3) is 0.0909. The maximum Gasteiger partial charge on any atom is 0.245 e. The third kappa shape index (κ3) is 3.06. The summed E-state index contributed by atoms with van der Waals surface area (Å²) in [5, 5.41) is 5.79. The molecule has 4 nitrogen and oxygen atoms in total. The summed E-state index contributed by atoms with van der Waals surface area (Å²) >= 11 is 1.56. The van der Waals surface area contributed by atoms with Crippen LogP contribution in [0.1, 0.15) is 10.6 Å². The molecule has 0 aliphatic heterocycles. The molecule has 1 amide bonds. The smallest absolute Gasteiger partial charge is 0.245 e. The van der Waals surface area contributed by atoms with Gasteiger partial charge in [0.1, 0.15) is 0 Å². The van der Waals surface area contributed by atoms with Crippen molar-refractivity contribution in [1.29, 1.82) is 0 Å². The van der Waals surface area contributed by atoms with Crippen molar-refractivity contribution < 1.29 is 4.79 Å². The Labute approximate surface area is 97.0 Å². The van der Waals surface area contributed by atoms with Crippen LogP contribution in [0.5, 0.6) is 0 Å². The molecular formula is C11H11N3OS. The van der Waals surface area contributed by atoms with Crippen LogP contribution >= 0.6 is 11.3 Å². The predicted octanol–water partition coefficient (Wildman–Crippen LogP) is 1.77. The van der Waals surface area contributed by atoms with E-state index in [1.165, 1.54) is 0 Å². The second-order valence-corrected chi connectivity index (χ2v) is 4.21. The minimum Gasteiger partial charge on any atom is -0.360 e. The number of amides is 1. The number of hydrogen-bond acceptors (Lipinski definition) is 3. The van der Waals surface area contributed by atoms with Crippen LogP contribution in [0.2, 0.25) is 0 Å². The summed E-state index contributed by atoms with van der Waals surface area (Å²) < 4.78 is 0. The molecule has 2 heterocycles. The van der Waals surface area contributed by atoms with E-state index in [9.17, 15) is 4.79 Å². The summed E-state index contributed by atoms with van der Waals surface area (Å²) in [5.41, 5.74) is 3.33. The van der Waals surface area contributed by atoms with E-state index in [1.54, 1.807) is 23.7 Å². The van der Waals surface area contributed by atoms with Gasteiger partial charge in [-0.3, -0.25) is 4.79 Å². The quantitative estimate of drug-likeness (QED) is 0.613. The number of carbonyl (C=O) groups is 1. The highest BCUT2D eigenvalue weighted by molar-refractivity contribution is 7.10. The molecule has 0 aliphatic carbocycles. The van der Waals surface area contributed by atoms with E-state index < -0.39 is 0 Å². The molecular weight excluding hydrogens is 222 g/mol. The Bertz CT molecular complexity index is 459. The van der Waals surface area contributed by atoms with Crippen molar-refractivity contribution in [3.63, 3.8) is 0 Å². The molecule has 16 heavy (non-hydrogen) atoms. The van der Waals surface area contributed by atoms with E-state index in [4.69, 9.17) is 0 Å². The van der Waals surface area contributed by atoms with E-state index in [-0.39, 0.29) is 5.91 Å². The molecule has 0 unspecified atom stereocenters. The van der Waals surface area contributed by atoms with Gasteiger partial charge >= 0.3 is 0 Å². The van der Waals surface area contributed by atoms with Gasteiger partial charge in [-0.15, -0.1) is 11.3 Å². The highest BCUT2D eigenvalue weighted by atomic mass is 32.1. The molecule has 0 atom stereocenters. The summed E-state index contributed by atoms with van der Waals surface area (Å²) in [6.07, 6.45) is 3.75. The fourth-order valence-electron chi connectivity index (χ4n) is 1.21. The van der Waals surface area contributed by atoms with E-state index >= 15 is 0 Å². The first-order chi connectivity index (χ1) is 7.84. The maximum atomic E-state index is 11.4. The third-order valence-corrected chi connectivity index (χ3v) is 2.81. The lowest BCUT2D eigenvalue weighted by Gasteiger charge is -1.96. The molecule has 0 aromatic carbocycles. The van der Waals surface area contributed by atoms with Crippen LogP contribution in [0.4, 0.5) is 0 Å². The van der Waals surface area contributed by atoms with Crippen LogP contribution in [0.25, 0.3) is 0 Å². The van der Waals surface area contributed by atoms with E-state index in [0.29, 0.717) is 6.42 Å². The molecule has 2 aromatic heterocycles. The van der Waals surface area contributed by atoms with Crippen LogP contribution in [0, 0.1) is 0 Å². The lowest BCUT2D eigenvalue weighted by atomic mass is 10.3. The van der Waals surface area contributed by atoms with E-state index in [2.05, 4.69) is 15.5 Å². The number of carbonyl (C=O) groups excluding carboxylic acids is 1. The largest absolute Gasteiger partial charge is 0.360 e. The number of aromatic amines is 1. The first kappa shape index (κ1) is 10.6. The maximum absolute atomic E-state index is 11.4. The molecule has 2 aromatic rings. The summed E-state index contributed by atoms with van der Waals surface area (Å²) in [7, 11) is 0. The van der Waals surface area contributed by atoms with Crippen LogP contribution in [0.3, 0.4) is 0 Å². The first-order valence-corrected chi connectivity index (χ1v) is 5.70. The third-order valence-electron chi connectivity index (χ3n) is 1.93. The normalized spacial score (nSPS) is 10.8. The van der Waals surface area contributed by atoms with Crippen LogP contribution in [-0.2, 0) is 11.2 Å². The van der Waals surface area contributed by atoms with Crippen molar-refractivity contribution in [2.24, 2.45) is 5.10 Å². The minimum absolute atomic E-state index is 0.106. The Hall–Kier alpha value is -1.88. The standard InChI is InChI=1S/C11H11N3OS/c15-11(7-10-4-2-6-16-10)14-13-8-9-3-1-5-12-9/h1-6,8,12H,7H2,(H,14,15)/b13-8+. The molecule has 0 fully saturated rings. The van der Waals surface area contributed by atoms with Gasteiger partial charge in [-0.25, -0.2) is 5.43 Å². The summed E-state index contributed by atoms with van der Waals surface area (Å²) in [4.78, 5) is 15.4. The topological polar surface area (TPSA) is 57.2 Å². The zero-order valence-electron chi connectivity index (χ0n) is 8.51. The SMILES string of the molecule is O=C(Cc1cccs1)N/N=C/c1ccc[nH]1. The van der Waals surface area contributed by atoms with E-state index in [0.717, 1.165) is 10.6 Å². The highest BCUT2D eigenvalue weighted by Crippen LogP contribution is 2.08. The number of hydrazone groups is 1. The Morgan fingerprint density at radius 2 is 2.44 bits per heavy atom. The average Bonchev–Trinajstić information content (AvgIpc) is 2.90. The Kier molecular flexibility index (Phi) is 3.50. The molecule has 2 N–H and O–H groups in total. The number of H-pyrrole nitrogens is 1. The Morgan fingerprint density at radius 3 is 3.12 bits per heavy atom. The number of aromatic nitrogens is 1. The fourth-order valence-corrected chi connectivity index (χ4v) is 1.91. The lowest BCUT2D eigenvalue weighted by Crippen LogP contribution is -2.19. The minimum atomic E-state index is -0.106. The van der Waals surface area contributed by atoms with E-state index in [1.807, 2.05) is 29.6 Å². The van der Waals surface area contributed by atoms with Gasteiger partial charge < -0.3 is 4.98 Å². The van der Waals surface area contributed by atoms with Crippen molar-refractivity contribution in [2.45, 2.75) is 6.42 Å². The molecule has 0 aliphatic rings. The number of rotatable bonds is 4. The van der Waals surface area contributed by atoms with Crippen molar-refractivity contribution in [2.75, 3.05) is 0 Å². The molecule has 5 heteroatoms. The number of nitrogens with one attached hydrogen (secondary N) is 2. The van der Waals surface area contributed by atoms with Crippen LogP contribution < -0.4 is 5.43 Å². The predicted molar refractivity (Wildman–Crippen MR) is 64.6 cm³/mol. The van der Waals surface area contributed by atoms with Gasteiger partial charge in [-0.2, -0.15) is 5.10 Å². The van der Waals surface area contributed by atoms with Gasteiger partial charge in [-0.1, -0.05) is 6.07 Å². The summed E-state index contributed by atoms with van der Waals surface area (Å²) in [6, 6.07) is 7.60. The molecule has 0 bridgehead atoms. The number of hydrogen-bond donors (Lipinski definition) is 2. The number of nitrogens with zero attached hydrogens (tertiary/aromatic N) is 1. The van der Waals surface area contributed by atoms with Crippen molar-refractivity contribution >= 4 is 23.5 Å². The van der Waals surface area contributed by atoms with Gasteiger partial charge in [-0.05, 0) is 23.6 Å². The molecule has 0 saturated heterocycles. The zero-order chi connectivity index (χ0) is 11.2. The molecule has 2 rings (SSSR count). The van der Waals surface area contributed by atoms with Crippen molar-refractivity contribution in [1.82, 2.24) is 10.4 Å². The second-order valence-electron chi connectivity index (χ2n) is 3.17. The highest BCUT2D eigenvalue weighted by Gasteiger charge is 2.01. The summed E-state index contributed by atoms with van der Waals surface area (Å²) in [5.74, 6) is -0.106. The molecule has 0 saturated carbocycles. The number of thiophene rings is 1. The monoisotopic (exact) mass is 233 g/mol. The molecule has 0 spiro atoms. The lowest BCUT2D eigenvalue weighted by molar-refractivity contribution is -0.120. The zero-order valence-corrected chi connectivity index (χ0v) is 9.33. The Balaban J connectivity index is 1.80. The van der Waals surface area contributed by atoms with Crippen molar-refractivity contribution in [3.05, 3.63) is 46.4 Å². The van der Waals surface area contributed by atoms with Gasteiger partial charge in [0, 0.05) is 11.1 Å². The molecule has 82 valence electrons. The van der Waals surface area contributed by atoms with Crippen LogP contribution in [0.15, 0.2) is 40.9 Å². The van der Waals surface area contributed by atoms with Gasteiger partial charge in [0.2, 0.25) is 5.91 Å². The summed E-state index contributed by atoms with van der Waals surface area (Å²) in [6.45, 7) is 0. The van der Waals surface area contributed by atoms with Gasteiger partial charge in [0.15, 0.2) is 0 Å². The molecule has 0 radical (unpaired) electrons. The van der Waals surface area contributed by atoms with Crippen molar-refractivity contribution in [3.8, 4) is 0 Å². The van der Waals surface area contributed by atoms with Gasteiger partial charge in [0.05, 0.1) is 18.3 Å². The van der Waals surface area contributed by atoms with Gasteiger partial charge in [0.25, 0.3) is 0 Å². The second kappa shape index (κ2) is 5.27. The average molecular weight is 233 g/mol. The van der Waals surface area contributed by atoms with Crippen LogP contribution in [-0.4, -0.2) is 17.1 Å². The first-order valence-electron chi connectivity index (χ1n) is 4.82. The Morgan fingerprint density at radius 1 is 1.50 bits per heavy atom.